The first-order valence-electron chi connectivity index (χ1n) is 9.50. The summed E-state index contributed by atoms with van der Waals surface area (Å²) in [6.45, 7) is 3.26. The molecule has 0 aromatic heterocycles. The van der Waals surface area contributed by atoms with Crippen molar-refractivity contribution in [3.05, 3.63) is 94.5 Å². The van der Waals surface area contributed by atoms with Crippen molar-refractivity contribution in [1.29, 1.82) is 0 Å². The Hall–Kier alpha value is -3.16. The number of aryl methyl sites for hydroxylation is 2. The summed E-state index contributed by atoms with van der Waals surface area (Å²) in [5.41, 5.74) is 5.21. The van der Waals surface area contributed by atoms with Gasteiger partial charge in [-0.1, -0.05) is 54.1 Å². The molecule has 0 heterocycles. The predicted octanol–water partition coefficient (Wildman–Crippen LogP) is 4.30. The Bertz CT molecular complexity index is 1190. The molecular formula is C23H22ClN3O3S. The van der Waals surface area contributed by atoms with Gasteiger partial charge in [-0.2, -0.15) is 5.10 Å². The standard InChI is InChI=1S/C23H22ClN3O3S/c1-17-8-9-18(2)22(14-17)27(31(29,30)21-6-4-3-5-7-21)16-23(28)26-25-15-19-10-12-20(24)13-11-19/h3-15H,16H2,1-2H3,(H,26,28)/b25-15-. The summed E-state index contributed by atoms with van der Waals surface area (Å²) >= 11 is 5.85. The maximum absolute atomic E-state index is 13.4. The number of carbonyl (C=O) groups excluding carboxylic acids is 1. The number of hydrogen-bond acceptors (Lipinski definition) is 4. The Labute approximate surface area is 187 Å². The van der Waals surface area contributed by atoms with Gasteiger partial charge in [-0.25, -0.2) is 13.8 Å². The molecule has 6 nitrogen and oxygen atoms in total. The molecule has 0 aliphatic rings. The largest absolute Gasteiger partial charge is 0.271 e. The van der Waals surface area contributed by atoms with Crippen LogP contribution in [0.5, 0.6) is 0 Å². The molecule has 1 amide bonds. The molecule has 0 atom stereocenters. The Morgan fingerprint density at radius 2 is 1.71 bits per heavy atom. The maximum Gasteiger partial charge on any atom is 0.264 e. The van der Waals surface area contributed by atoms with Crippen LogP contribution < -0.4 is 9.73 Å². The van der Waals surface area contributed by atoms with Crippen molar-refractivity contribution in [3.63, 3.8) is 0 Å². The fraction of sp³-hybridized carbons (Fsp3) is 0.130. The van der Waals surface area contributed by atoms with Crippen LogP contribution in [0.15, 0.2) is 82.8 Å². The highest BCUT2D eigenvalue weighted by atomic mass is 35.5. The van der Waals surface area contributed by atoms with Gasteiger partial charge in [0.15, 0.2) is 0 Å². The number of carbonyl (C=O) groups is 1. The average Bonchev–Trinajstić information content (AvgIpc) is 2.76. The molecule has 31 heavy (non-hydrogen) atoms. The summed E-state index contributed by atoms with van der Waals surface area (Å²) in [4.78, 5) is 12.7. The zero-order valence-electron chi connectivity index (χ0n) is 17.1. The maximum atomic E-state index is 13.4. The van der Waals surface area contributed by atoms with Gasteiger partial charge in [-0.05, 0) is 60.9 Å². The summed E-state index contributed by atoms with van der Waals surface area (Å²) in [6.07, 6.45) is 1.46. The quantitative estimate of drug-likeness (QED) is 0.426. The molecule has 0 spiro atoms. The highest BCUT2D eigenvalue weighted by Gasteiger charge is 2.28. The van der Waals surface area contributed by atoms with E-state index < -0.39 is 22.5 Å². The highest BCUT2D eigenvalue weighted by molar-refractivity contribution is 7.92. The second-order valence-electron chi connectivity index (χ2n) is 6.96. The lowest BCUT2D eigenvalue weighted by Gasteiger charge is -2.25. The lowest BCUT2D eigenvalue weighted by Crippen LogP contribution is -2.40. The number of hydrazone groups is 1. The fourth-order valence-electron chi connectivity index (χ4n) is 2.90. The number of hydrogen-bond donors (Lipinski definition) is 1. The van der Waals surface area contributed by atoms with Crippen molar-refractivity contribution in [1.82, 2.24) is 5.43 Å². The van der Waals surface area contributed by atoms with Crippen molar-refractivity contribution in [2.24, 2.45) is 5.10 Å². The lowest BCUT2D eigenvalue weighted by molar-refractivity contribution is -0.119. The lowest BCUT2D eigenvalue weighted by atomic mass is 10.1. The van der Waals surface area contributed by atoms with E-state index in [0.717, 1.165) is 21.0 Å². The molecular weight excluding hydrogens is 434 g/mol. The second kappa shape index (κ2) is 9.76. The van der Waals surface area contributed by atoms with E-state index in [0.29, 0.717) is 10.7 Å². The van der Waals surface area contributed by atoms with Crippen LogP contribution in [-0.4, -0.2) is 27.1 Å². The van der Waals surface area contributed by atoms with Gasteiger partial charge in [-0.15, -0.1) is 0 Å². The first-order chi connectivity index (χ1) is 14.8. The van der Waals surface area contributed by atoms with Crippen molar-refractivity contribution < 1.29 is 13.2 Å². The third-order valence-electron chi connectivity index (χ3n) is 4.52. The van der Waals surface area contributed by atoms with E-state index >= 15 is 0 Å². The third kappa shape index (κ3) is 5.71. The first-order valence-corrected chi connectivity index (χ1v) is 11.3. The van der Waals surface area contributed by atoms with E-state index in [9.17, 15) is 13.2 Å². The van der Waals surface area contributed by atoms with E-state index in [1.54, 1.807) is 55.5 Å². The van der Waals surface area contributed by atoms with Gasteiger partial charge in [0.25, 0.3) is 15.9 Å². The molecule has 0 aliphatic heterocycles. The van der Waals surface area contributed by atoms with Gasteiger partial charge >= 0.3 is 0 Å². The molecule has 3 rings (SSSR count). The first kappa shape index (κ1) is 22.5. The Morgan fingerprint density at radius 1 is 1.03 bits per heavy atom. The van der Waals surface area contributed by atoms with Crippen LogP contribution in [0, 0.1) is 13.8 Å². The Balaban J connectivity index is 1.87. The van der Waals surface area contributed by atoms with Crippen molar-refractivity contribution in [2.45, 2.75) is 18.7 Å². The summed E-state index contributed by atoms with van der Waals surface area (Å²) < 4.78 is 27.8. The van der Waals surface area contributed by atoms with Crippen LogP contribution in [0.25, 0.3) is 0 Å². The van der Waals surface area contributed by atoms with E-state index in [4.69, 9.17) is 11.6 Å². The predicted molar refractivity (Wildman–Crippen MR) is 124 cm³/mol. The van der Waals surface area contributed by atoms with Gasteiger partial charge in [-0.3, -0.25) is 9.10 Å². The van der Waals surface area contributed by atoms with Gasteiger partial charge in [0.2, 0.25) is 0 Å². The summed E-state index contributed by atoms with van der Waals surface area (Å²) in [5.74, 6) is -0.564. The number of halogens is 1. The minimum Gasteiger partial charge on any atom is -0.271 e. The zero-order valence-corrected chi connectivity index (χ0v) is 18.7. The fourth-order valence-corrected chi connectivity index (χ4v) is 4.53. The van der Waals surface area contributed by atoms with E-state index in [1.807, 2.05) is 19.1 Å². The van der Waals surface area contributed by atoms with Crippen LogP contribution >= 0.6 is 11.6 Å². The highest BCUT2D eigenvalue weighted by Crippen LogP contribution is 2.27. The molecule has 0 fully saturated rings. The molecule has 8 heteroatoms. The number of rotatable bonds is 7. The van der Waals surface area contributed by atoms with Gasteiger partial charge in [0.1, 0.15) is 6.54 Å². The average molecular weight is 456 g/mol. The zero-order chi connectivity index (χ0) is 22.4. The number of amides is 1. The van der Waals surface area contributed by atoms with Crippen molar-refractivity contribution in [3.8, 4) is 0 Å². The molecule has 1 N–H and O–H groups in total. The number of nitrogens with one attached hydrogen (secondary N) is 1. The van der Waals surface area contributed by atoms with E-state index in [2.05, 4.69) is 10.5 Å². The van der Waals surface area contributed by atoms with Crippen LogP contribution in [0.1, 0.15) is 16.7 Å². The van der Waals surface area contributed by atoms with Crippen molar-refractivity contribution in [2.75, 3.05) is 10.8 Å². The molecule has 0 unspecified atom stereocenters. The minimum absolute atomic E-state index is 0.105. The Kier molecular flexibility index (Phi) is 7.09. The molecule has 0 saturated carbocycles. The van der Waals surface area contributed by atoms with Crippen LogP contribution in [-0.2, 0) is 14.8 Å². The van der Waals surface area contributed by atoms with Crippen LogP contribution in [0.2, 0.25) is 5.02 Å². The molecule has 0 radical (unpaired) electrons. The van der Waals surface area contributed by atoms with Crippen LogP contribution in [0.4, 0.5) is 5.69 Å². The van der Waals surface area contributed by atoms with Gasteiger partial charge in [0, 0.05) is 5.02 Å². The molecule has 3 aromatic rings. The van der Waals surface area contributed by atoms with Crippen molar-refractivity contribution >= 4 is 39.4 Å². The summed E-state index contributed by atoms with van der Waals surface area (Å²) in [6, 6.07) is 20.4. The number of anilines is 1. The van der Waals surface area contributed by atoms with E-state index in [-0.39, 0.29) is 4.90 Å². The molecule has 0 aliphatic carbocycles. The minimum atomic E-state index is -3.96. The number of nitrogens with zero attached hydrogens (tertiary/aromatic N) is 2. The third-order valence-corrected chi connectivity index (χ3v) is 6.55. The molecule has 0 saturated heterocycles. The number of benzene rings is 3. The van der Waals surface area contributed by atoms with Gasteiger partial charge in [0.05, 0.1) is 16.8 Å². The second-order valence-corrected chi connectivity index (χ2v) is 9.26. The summed E-state index contributed by atoms with van der Waals surface area (Å²) in [5, 5.41) is 4.52. The summed E-state index contributed by atoms with van der Waals surface area (Å²) in [7, 11) is -3.96. The van der Waals surface area contributed by atoms with Gasteiger partial charge < -0.3 is 0 Å². The SMILES string of the molecule is Cc1ccc(C)c(N(CC(=O)N/N=C\c2ccc(Cl)cc2)S(=O)(=O)c2ccccc2)c1. The van der Waals surface area contributed by atoms with E-state index in [1.165, 1.54) is 18.3 Å². The smallest absolute Gasteiger partial charge is 0.264 e. The topological polar surface area (TPSA) is 78.8 Å². The molecule has 0 bridgehead atoms. The molecule has 3 aromatic carbocycles. The molecule has 160 valence electrons. The normalized spacial score (nSPS) is 11.5. The monoisotopic (exact) mass is 455 g/mol. The van der Waals surface area contributed by atoms with Crippen LogP contribution in [0.3, 0.4) is 0 Å². The Morgan fingerprint density at radius 3 is 2.39 bits per heavy atom. The number of sulfonamides is 1.